The Morgan fingerprint density at radius 1 is 1.24 bits per heavy atom. The average molecular weight is 291 g/mol. The molecule has 21 heavy (non-hydrogen) atoms. The number of H-pyrrole nitrogens is 1. The van der Waals surface area contributed by atoms with Crippen molar-refractivity contribution in [3.05, 3.63) is 34.1 Å². The molecule has 0 radical (unpaired) electrons. The number of nitrogen functional groups attached to an aromatic ring is 1. The highest BCUT2D eigenvalue weighted by molar-refractivity contribution is 5.97. The van der Waals surface area contributed by atoms with Crippen molar-refractivity contribution in [3.8, 4) is 11.5 Å². The summed E-state index contributed by atoms with van der Waals surface area (Å²) in [6.45, 7) is 4.61. The largest absolute Gasteiger partial charge is 0.490 e. The van der Waals surface area contributed by atoms with Gasteiger partial charge in [0.2, 0.25) is 5.43 Å². The molecule has 4 N–H and O–H groups in total. The van der Waals surface area contributed by atoms with Crippen LogP contribution >= 0.6 is 0 Å². The van der Waals surface area contributed by atoms with E-state index in [4.69, 9.17) is 15.3 Å². The third-order valence-corrected chi connectivity index (χ3v) is 2.92. The van der Waals surface area contributed by atoms with Gasteiger partial charge in [-0.3, -0.25) is 15.0 Å². The molecule has 2 aromatic rings. The Morgan fingerprint density at radius 2 is 1.86 bits per heavy atom. The minimum atomic E-state index is -0.648. The van der Waals surface area contributed by atoms with Gasteiger partial charge < -0.3 is 14.5 Å². The van der Waals surface area contributed by atoms with E-state index in [0.717, 1.165) is 0 Å². The molecule has 0 bridgehead atoms. The zero-order chi connectivity index (χ0) is 15.4. The monoisotopic (exact) mass is 291 g/mol. The van der Waals surface area contributed by atoms with E-state index in [1.165, 1.54) is 6.20 Å². The summed E-state index contributed by atoms with van der Waals surface area (Å²) in [5.41, 5.74) is 2.02. The predicted octanol–water partition coefficient (Wildman–Crippen LogP) is 0.929. The minimum Gasteiger partial charge on any atom is -0.490 e. The molecule has 1 aromatic carbocycles. The molecule has 1 amide bonds. The van der Waals surface area contributed by atoms with Crippen molar-refractivity contribution >= 4 is 16.8 Å². The van der Waals surface area contributed by atoms with E-state index in [1.54, 1.807) is 12.1 Å². The number of hydrazine groups is 1. The van der Waals surface area contributed by atoms with Crippen molar-refractivity contribution in [1.29, 1.82) is 0 Å². The first kappa shape index (κ1) is 14.9. The van der Waals surface area contributed by atoms with Crippen LogP contribution in [0.3, 0.4) is 0 Å². The molecule has 0 spiro atoms. The van der Waals surface area contributed by atoms with Gasteiger partial charge in [0.05, 0.1) is 24.1 Å². The molecule has 0 saturated carbocycles. The zero-order valence-corrected chi connectivity index (χ0v) is 11.9. The van der Waals surface area contributed by atoms with Crippen molar-refractivity contribution < 1.29 is 14.3 Å². The van der Waals surface area contributed by atoms with Crippen molar-refractivity contribution in [3.63, 3.8) is 0 Å². The Hall–Kier alpha value is -2.54. The van der Waals surface area contributed by atoms with Crippen LogP contribution in [0.4, 0.5) is 0 Å². The minimum absolute atomic E-state index is 0.0587. The Balaban J connectivity index is 2.67. The van der Waals surface area contributed by atoms with Gasteiger partial charge >= 0.3 is 0 Å². The van der Waals surface area contributed by atoms with Crippen LogP contribution in [0, 0.1) is 0 Å². The predicted molar refractivity (Wildman–Crippen MR) is 78.6 cm³/mol. The van der Waals surface area contributed by atoms with Crippen LogP contribution in [-0.2, 0) is 0 Å². The van der Waals surface area contributed by atoms with Crippen LogP contribution in [0.1, 0.15) is 24.2 Å². The highest BCUT2D eigenvalue weighted by Gasteiger charge is 2.15. The van der Waals surface area contributed by atoms with E-state index < -0.39 is 11.3 Å². The molecule has 1 aromatic heterocycles. The fourth-order valence-electron chi connectivity index (χ4n) is 2.01. The third kappa shape index (κ3) is 2.82. The standard InChI is InChI=1S/C14H17N3O4/c1-3-20-11-5-8-10(6-12(11)21-4-2)16-7-9(13(8)18)14(19)17-15/h5-7H,3-4,15H2,1-2H3,(H,16,18)(H,17,19). The fourth-order valence-corrected chi connectivity index (χ4v) is 2.01. The molecule has 0 aliphatic carbocycles. The molecular formula is C14H17N3O4. The van der Waals surface area contributed by atoms with E-state index >= 15 is 0 Å². The number of carbonyl (C=O) groups is 1. The highest BCUT2D eigenvalue weighted by Crippen LogP contribution is 2.30. The van der Waals surface area contributed by atoms with Gasteiger partial charge in [-0.15, -0.1) is 0 Å². The second-order valence-corrected chi connectivity index (χ2v) is 4.22. The number of rotatable bonds is 5. The van der Waals surface area contributed by atoms with E-state index in [9.17, 15) is 9.59 Å². The van der Waals surface area contributed by atoms with Gasteiger partial charge in [-0.2, -0.15) is 0 Å². The summed E-state index contributed by atoms with van der Waals surface area (Å²) in [5.74, 6) is 5.41. The topological polar surface area (TPSA) is 106 Å². The molecule has 0 saturated heterocycles. The summed E-state index contributed by atoms with van der Waals surface area (Å²) in [6, 6.07) is 3.24. The molecule has 7 heteroatoms. The van der Waals surface area contributed by atoms with Crippen LogP contribution < -0.4 is 26.2 Å². The first-order valence-corrected chi connectivity index (χ1v) is 6.58. The third-order valence-electron chi connectivity index (χ3n) is 2.92. The Labute approximate surface area is 121 Å². The number of benzene rings is 1. The Bertz CT molecular complexity index is 724. The molecule has 0 unspecified atom stereocenters. The quantitative estimate of drug-likeness (QED) is 0.431. The Morgan fingerprint density at radius 3 is 2.43 bits per heavy atom. The van der Waals surface area contributed by atoms with E-state index in [2.05, 4.69) is 4.98 Å². The maximum atomic E-state index is 12.3. The number of fused-ring (bicyclic) bond motifs is 1. The maximum Gasteiger partial charge on any atom is 0.270 e. The normalized spacial score (nSPS) is 10.4. The first-order valence-electron chi connectivity index (χ1n) is 6.58. The number of ether oxygens (including phenoxy) is 2. The van der Waals surface area contributed by atoms with Gasteiger partial charge in [-0.25, -0.2) is 5.84 Å². The zero-order valence-electron chi connectivity index (χ0n) is 11.9. The molecular weight excluding hydrogens is 274 g/mol. The highest BCUT2D eigenvalue weighted by atomic mass is 16.5. The second-order valence-electron chi connectivity index (χ2n) is 4.22. The molecule has 0 atom stereocenters. The first-order chi connectivity index (χ1) is 10.1. The fraction of sp³-hybridized carbons (Fsp3) is 0.286. The number of hydrogen-bond donors (Lipinski definition) is 3. The van der Waals surface area contributed by atoms with Crippen LogP contribution in [0.5, 0.6) is 11.5 Å². The molecule has 1 heterocycles. The van der Waals surface area contributed by atoms with Gasteiger partial charge in [-0.1, -0.05) is 0 Å². The van der Waals surface area contributed by atoms with E-state index in [0.29, 0.717) is 35.6 Å². The number of pyridine rings is 1. The van der Waals surface area contributed by atoms with Crippen molar-refractivity contribution in [2.24, 2.45) is 5.84 Å². The molecule has 0 fully saturated rings. The summed E-state index contributed by atoms with van der Waals surface area (Å²) in [6.07, 6.45) is 1.32. The summed E-state index contributed by atoms with van der Waals surface area (Å²) >= 11 is 0. The number of aromatic amines is 1. The second kappa shape index (κ2) is 6.27. The molecule has 112 valence electrons. The summed E-state index contributed by atoms with van der Waals surface area (Å²) in [5, 5.41) is 0.336. The van der Waals surface area contributed by atoms with Gasteiger partial charge in [0.15, 0.2) is 11.5 Å². The van der Waals surface area contributed by atoms with Crippen molar-refractivity contribution in [2.75, 3.05) is 13.2 Å². The molecule has 0 aliphatic heterocycles. The van der Waals surface area contributed by atoms with Crippen LogP contribution in [0.15, 0.2) is 23.1 Å². The Kier molecular flexibility index (Phi) is 4.44. The van der Waals surface area contributed by atoms with Crippen LogP contribution in [0.2, 0.25) is 0 Å². The lowest BCUT2D eigenvalue weighted by atomic mass is 10.1. The number of amides is 1. The SMILES string of the molecule is CCOc1cc2[nH]cc(C(=O)NN)c(=O)c2cc1OCC. The van der Waals surface area contributed by atoms with Gasteiger partial charge in [0, 0.05) is 12.3 Å². The van der Waals surface area contributed by atoms with Gasteiger partial charge in [0.1, 0.15) is 5.56 Å². The lowest BCUT2D eigenvalue weighted by Gasteiger charge is -2.12. The summed E-state index contributed by atoms with van der Waals surface area (Å²) in [4.78, 5) is 26.8. The van der Waals surface area contributed by atoms with Crippen molar-refractivity contribution in [1.82, 2.24) is 10.4 Å². The lowest BCUT2D eigenvalue weighted by Crippen LogP contribution is -2.33. The number of carbonyl (C=O) groups excluding carboxylic acids is 1. The van der Waals surface area contributed by atoms with Crippen LogP contribution in [0.25, 0.3) is 10.9 Å². The smallest absolute Gasteiger partial charge is 0.270 e. The molecule has 2 rings (SSSR count). The number of hydrogen-bond acceptors (Lipinski definition) is 5. The maximum absolute atomic E-state index is 12.3. The average Bonchev–Trinajstić information content (AvgIpc) is 2.48. The van der Waals surface area contributed by atoms with Crippen molar-refractivity contribution in [2.45, 2.75) is 13.8 Å². The molecule has 0 aliphatic rings. The summed E-state index contributed by atoms with van der Waals surface area (Å²) < 4.78 is 11.0. The van der Waals surface area contributed by atoms with E-state index in [-0.39, 0.29) is 5.56 Å². The van der Waals surface area contributed by atoms with Crippen LogP contribution in [-0.4, -0.2) is 24.1 Å². The number of nitrogens with two attached hydrogens (primary N) is 1. The summed E-state index contributed by atoms with van der Waals surface area (Å²) in [7, 11) is 0. The van der Waals surface area contributed by atoms with Gasteiger partial charge in [0.25, 0.3) is 5.91 Å². The van der Waals surface area contributed by atoms with Gasteiger partial charge in [-0.05, 0) is 19.9 Å². The lowest BCUT2D eigenvalue weighted by molar-refractivity contribution is 0.0952. The number of aromatic nitrogens is 1. The van der Waals surface area contributed by atoms with E-state index in [1.807, 2.05) is 19.3 Å². The molecule has 7 nitrogen and oxygen atoms in total. The number of nitrogens with one attached hydrogen (secondary N) is 2.